The van der Waals surface area contributed by atoms with Crippen LogP contribution >= 0.6 is 15.9 Å². The van der Waals surface area contributed by atoms with Gasteiger partial charge in [0.15, 0.2) is 11.5 Å². The van der Waals surface area contributed by atoms with Gasteiger partial charge in [-0.1, -0.05) is 58.4 Å². The first-order chi connectivity index (χ1) is 19.4. The van der Waals surface area contributed by atoms with E-state index in [0.29, 0.717) is 11.5 Å². The van der Waals surface area contributed by atoms with Crippen LogP contribution < -0.4 is 19.1 Å². The molecular weight excluding hydrogens is 610 g/mol. The Morgan fingerprint density at radius 3 is 2.10 bits per heavy atom. The van der Waals surface area contributed by atoms with Gasteiger partial charge in [-0.2, -0.15) is 0 Å². The van der Waals surface area contributed by atoms with Crippen LogP contribution in [0.15, 0.2) is 77.3 Å². The summed E-state index contributed by atoms with van der Waals surface area (Å²) >= 11 is 3.43. The van der Waals surface area contributed by atoms with Crippen molar-refractivity contribution in [3.63, 3.8) is 0 Å². The Balaban J connectivity index is 2.07. The lowest BCUT2D eigenvalue weighted by Gasteiger charge is -2.34. The van der Waals surface area contributed by atoms with Crippen molar-refractivity contribution >= 4 is 43.5 Å². The average molecular weight is 647 g/mol. The summed E-state index contributed by atoms with van der Waals surface area (Å²) in [6.07, 6.45) is 1.28. The molecule has 0 spiro atoms. The van der Waals surface area contributed by atoms with Gasteiger partial charge in [-0.3, -0.25) is 13.9 Å². The number of ether oxygens (including phenoxy) is 2. The van der Waals surface area contributed by atoms with Gasteiger partial charge in [0.2, 0.25) is 21.8 Å². The second kappa shape index (κ2) is 14.4. The molecule has 0 aliphatic heterocycles. The van der Waals surface area contributed by atoms with Crippen molar-refractivity contribution in [1.29, 1.82) is 0 Å². The molecule has 0 unspecified atom stereocenters. The molecule has 0 aliphatic carbocycles. The minimum Gasteiger partial charge on any atom is -0.493 e. The summed E-state index contributed by atoms with van der Waals surface area (Å²) < 4.78 is 38.5. The largest absolute Gasteiger partial charge is 0.493 e. The Hall–Kier alpha value is -3.57. The van der Waals surface area contributed by atoms with E-state index in [9.17, 15) is 18.0 Å². The number of benzene rings is 3. The van der Waals surface area contributed by atoms with E-state index in [4.69, 9.17) is 9.47 Å². The third-order valence-corrected chi connectivity index (χ3v) is 7.97. The summed E-state index contributed by atoms with van der Waals surface area (Å²) in [7, 11) is -0.991. The van der Waals surface area contributed by atoms with Gasteiger partial charge in [-0.05, 0) is 49.2 Å². The van der Waals surface area contributed by atoms with E-state index in [0.717, 1.165) is 26.2 Å². The van der Waals surface area contributed by atoms with Crippen molar-refractivity contribution in [1.82, 2.24) is 10.2 Å². The number of halogens is 1. The highest BCUT2D eigenvalue weighted by Gasteiger charge is 2.33. The van der Waals surface area contributed by atoms with E-state index in [2.05, 4.69) is 21.2 Å². The molecule has 0 saturated heterocycles. The van der Waals surface area contributed by atoms with Gasteiger partial charge in [-0.15, -0.1) is 0 Å². The maximum absolute atomic E-state index is 14.1. The zero-order valence-electron chi connectivity index (χ0n) is 23.8. The number of nitrogens with one attached hydrogen (secondary N) is 1. The number of rotatable bonds is 13. The van der Waals surface area contributed by atoms with Gasteiger partial charge in [0.05, 0.1) is 26.2 Å². The molecule has 0 saturated carbocycles. The summed E-state index contributed by atoms with van der Waals surface area (Å²) in [6.45, 7) is 3.27. The molecule has 0 bridgehead atoms. The van der Waals surface area contributed by atoms with Crippen molar-refractivity contribution in [3.8, 4) is 11.5 Å². The lowest BCUT2D eigenvalue weighted by Crippen LogP contribution is -2.54. The van der Waals surface area contributed by atoms with Crippen LogP contribution in [0, 0.1) is 0 Å². The Bertz CT molecular complexity index is 1430. The molecule has 9 nitrogen and oxygen atoms in total. The number of methoxy groups -OCH3 is 2. The van der Waals surface area contributed by atoms with E-state index >= 15 is 0 Å². The van der Waals surface area contributed by atoms with Crippen LogP contribution in [0.1, 0.15) is 25.0 Å². The Kier molecular flexibility index (Phi) is 11.2. The molecule has 0 aromatic heterocycles. The first kappa shape index (κ1) is 32.0. The number of nitrogens with zero attached hydrogens (tertiary/aromatic N) is 2. The Morgan fingerprint density at radius 1 is 0.902 bits per heavy atom. The molecule has 3 aromatic carbocycles. The molecule has 0 radical (unpaired) electrons. The van der Waals surface area contributed by atoms with Gasteiger partial charge in [-0.25, -0.2) is 8.42 Å². The minimum atomic E-state index is -3.91. The summed E-state index contributed by atoms with van der Waals surface area (Å²) in [5.41, 5.74) is 1.88. The normalized spacial score (nSPS) is 12.0. The highest BCUT2D eigenvalue weighted by molar-refractivity contribution is 9.10. The molecule has 2 amide bonds. The van der Waals surface area contributed by atoms with E-state index in [-0.39, 0.29) is 30.6 Å². The van der Waals surface area contributed by atoms with Crippen LogP contribution in [0.5, 0.6) is 11.5 Å². The minimum absolute atomic E-state index is 0.0959. The fourth-order valence-corrected chi connectivity index (χ4v) is 5.42. The molecule has 0 heterocycles. The van der Waals surface area contributed by atoms with E-state index < -0.39 is 28.5 Å². The molecule has 41 heavy (non-hydrogen) atoms. The van der Waals surface area contributed by atoms with Gasteiger partial charge in [0.25, 0.3) is 0 Å². The number of amides is 2. The van der Waals surface area contributed by atoms with Crippen molar-refractivity contribution in [2.75, 3.05) is 31.3 Å². The molecule has 0 fully saturated rings. The van der Waals surface area contributed by atoms with Gasteiger partial charge in [0.1, 0.15) is 12.6 Å². The fourth-order valence-electron chi connectivity index (χ4n) is 4.31. The van der Waals surface area contributed by atoms with Crippen LogP contribution in [0.4, 0.5) is 5.69 Å². The average Bonchev–Trinajstić information content (AvgIpc) is 2.93. The number of hydrogen-bond donors (Lipinski definition) is 1. The predicted molar refractivity (Wildman–Crippen MR) is 164 cm³/mol. The lowest BCUT2D eigenvalue weighted by atomic mass is 10.0. The van der Waals surface area contributed by atoms with Gasteiger partial charge >= 0.3 is 0 Å². The number of carbonyl (C=O) groups excluding carboxylic acids is 2. The summed E-state index contributed by atoms with van der Waals surface area (Å²) in [6, 6.07) is 20.4. The first-order valence-electron chi connectivity index (χ1n) is 13.0. The van der Waals surface area contributed by atoms with Gasteiger partial charge < -0.3 is 19.7 Å². The summed E-state index contributed by atoms with van der Waals surface area (Å²) in [4.78, 5) is 29.2. The lowest BCUT2D eigenvalue weighted by molar-refractivity contribution is -0.140. The van der Waals surface area contributed by atoms with Crippen LogP contribution in [0.25, 0.3) is 0 Å². The van der Waals surface area contributed by atoms with Crippen LogP contribution in [-0.2, 0) is 32.6 Å². The molecule has 0 aliphatic rings. The standard InChI is InChI=1S/C30H36BrN3O6S/c1-21(2)32-30(36)26(17-22-9-7-6-8-10-22)33(19-23-11-13-24(31)14-12-23)29(35)20-34(41(5,37)38)25-15-16-27(39-3)28(18-25)40-4/h6-16,18,21,26H,17,19-20H2,1-5H3,(H,32,36)/t26-/m0/s1. The van der Waals surface area contributed by atoms with Crippen molar-refractivity contribution < 1.29 is 27.5 Å². The first-order valence-corrected chi connectivity index (χ1v) is 15.6. The number of sulfonamides is 1. The predicted octanol–water partition coefficient (Wildman–Crippen LogP) is 4.40. The van der Waals surface area contributed by atoms with E-state index in [1.165, 1.54) is 25.2 Å². The molecule has 11 heteroatoms. The van der Waals surface area contributed by atoms with Crippen LogP contribution in [0.3, 0.4) is 0 Å². The Morgan fingerprint density at radius 2 is 1.54 bits per heavy atom. The SMILES string of the molecule is COc1ccc(N(CC(=O)N(Cc2ccc(Br)cc2)[C@@H](Cc2ccccc2)C(=O)NC(C)C)S(C)(=O)=O)cc1OC. The highest BCUT2D eigenvalue weighted by atomic mass is 79.9. The van der Waals surface area contributed by atoms with Crippen molar-refractivity contribution in [2.45, 2.75) is 38.9 Å². The van der Waals surface area contributed by atoms with E-state index in [1.807, 2.05) is 68.4 Å². The maximum atomic E-state index is 14.1. The number of carbonyl (C=O) groups is 2. The fraction of sp³-hybridized carbons (Fsp3) is 0.333. The molecule has 220 valence electrons. The zero-order chi connectivity index (χ0) is 30.2. The maximum Gasteiger partial charge on any atom is 0.244 e. The number of anilines is 1. The zero-order valence-corrected chi connectivity index (χ0v) is 26.2. The topological polar surface area (TPSA) is 105 Å². The molecule has 1 atom stereocenters. The molecule has 3 rings (SSSR count). The molecule has 3 aromatic rings. The molecule has 1 N–H and O–H groups in total. The third kappa shape index (κ3) is 8.96. The van der Waals surface area contributed by atoms with Crippen LogP contribution in [0.2, 0.25) is 0 Å². The number of hydrogen-bond acceptors (Lipinski definition) is 6. The smallest absolute Gasteiger partial charge is 0.244 e. The molecular formula is C30H36BrN3O6S. The Labute approximate surface area is 250 Å². The quantitative estimate of drug-likeness (QED) is 0.296. The van der Waals surface area contributed by atoms with Crippen LogP contribution in [-0.4, -0.2) is 64.2 Å². The second-order valence-corrected chi connectivity index (χ2v) is 12.6. The summed E-state index contributed by atoms with van der Waals surface area (Å²) in [5.74, 6) is -0.128. The second-order valence-electron chi connectivity index (χ2n) is 9.83. The third-order valence-electron chi connectivity index (χ3n) is 6.30. The monoisotopic (exact) mass is 645 g/mol. The summed E-state index contributed by atoms with van der Waals surface area (Å²) in [5, 5.41) is 2.93. The van der Waals surface area contributed by atoms with Crippen molar-refractivity contribution in [3.05, 3.63) is 88.4 Å². The van der Waals surface area contributed by atoms with Gasteiger partial charge in [0, 0.05) is 29.5 Å². The van der Waals surface area contributed by atoms with Crippen molar-refractivity contribution in [2.24, 2.45) is 0 Å². The highest BCUT2D eigenvalue weighted by Crippen LogP contribution is 2.32. The van der Waals surface area contributed by atoms with E-state index in [1.54, 1.807) is 12.1 Å².